The molecular formula is C27H24FNO5. The van der Waals surface area contributed by atoms with Gasteiger partial charge >= 0.3 is 0 Å². The number of hydrogen-bond acceptors (Lipinski definition) is 5. The number of ether oxygens (including phenoxy) is 2. The third kappa shape index (κ3) is 4.37. The molecule has 7 heteroatoms. The second-order valence-corrected chi connectivity index (χ2v) is 8.11. The Hall–Kier alpha value is -4.13. The van der Waals surface area contributed by atoms with E-state index in [1.807, 2.05) is 13.8 Å². The van der Waals surface area contributed by atoms with Crippen LogP contribution in [0.2, 0.25) is 0 Å². The summed E-state index contributed by atoms with van der Waals surface area (Å²) in [5.41, 5.74) is 1.16. The van der Waals surface area contributed by atoms with Crippen molar-refractivity contribution >= 4 is 23.1 Å². The number of benzene rings is 3. The van der Waals surface area contributed by atoms with Crippen molar-refractivity contribution in [1.29, 1.82) is 0 Å². The molecule has 1 heterocycles. The Bertz CT molecular complexity index is 1250. The van der Waals surface area contributed by atoms with Gasteiger partial charge in [-0.05, 0) is 67.9 Å². The van der Waals surface area contributed by atoms with Crippen molar-refractivity contribution in [3.63, 3.8) is 0 Å². The predicted octanol–water partition coefficient (Wildman–Crippen LogP) is 5.25. The minimum Gasteiger partial charge on any atom is -0.507 e. The molecule has 1 fully saturated rings. The molecule has 0 bridgehead atoms. The Kier molecular flexibility index (Phi) is 6.36. The number of aliphatic hydroxyl groups excluding tert-OH is 1. The van der Waals surface area contributed by atoms with E-state index in [1.54, 1.807) is 48.5 Å². The van der Waals surface area contributed by atoms with Crippen molar-refractivity contribution in [3.8, 4) is 11.5 Å². The molecule has 0 radical (unpaired) electrons. The smallest absolute Gasteiger partial charge is 0.300 e. The fourth-order valence-electron chi connectivity index (χ4n) is 3.94. The first-order valence-electron chi connectivity index (χ1n) is 10.8. The molecule has 6 nitrogen and oxygen atoms in total. The average molecular weight is 461 g/mol. The van der Waals surface area contributed by atoms with E-state index in [1.165, 1.54) is 36.3 Å². The largest absolute Gasteiger partial charge is 0.507 e. The van der Waals surface area contributed by atoms with E-state index in [0.29, 0.717) is 28.3 Å². The highest BCUT2D eigenvalue weighted by Gasteiger charge is 2.47. The number of carbonyl (C=O) groups is 2. The summed E-state index contributed by atoms with van der Waals surface area (Å²) in [6.07, 6.45) is -0.0221. The number of halogens is 1. The van der Waals surface area contributed by atoms with Gasteiger partial charge in [0.1, 0.15) is 23.1 Å². The number of amides is 1. The summed E-state index contributed by atoms with van der Waals surface area (Å²) >= 11 is 0. The maximum Gasteiger partial charge on any atom is 0.300 e. The van der Waals surface area contributed by atoms with Gasteiger partial charge in [-0.1, -0.05) is 18.2 Å². The summed E-state index contributed by atoms with van der Waals surface area (Å²) in [5, 5.41) is 11.2. The van der Waals surface area contributed by atoms with Gasteiger partial charge in [0, 0.05) is 17.3 Å². The molecule has 3 aromatic carbocycles. The van der Waals surface area contributed by atoms with Gasteiger partial charge in [-0.2, -0.15) is 0 Å². The van der Waals surface area contributed by atoms with Gasteiger partial charge in [0.2, 0.25) is 0 Å². The Balaban J connectivity index is 1.86. The van der Waals surface area contributed by atoms with Crippen LogP contribution in [0.15, 0.2) is 78.4 Å². The number of methoxy groups -OCH3 is 1. The van der Waals surface area contributed by atoms with Crippen LogP contribution >= 0.6 is 0 Å². The first-order valence-corrected chi connectivity index (χ1v) is 10.8. The third-order valence-electron chi connectivity index (χ3n) is 5.46. The highest BCUT2D eigenvalue weighted by molar-refractivity contribution is 6.51. The topological polar surface area (TPSA) is 76.1 Å². The predicted molar refractivity (Wildman–Crippen MR) is 126 cm³/mol. The van der Waals surface area contributed by atoms with Crippen molar-refractivity contribution in [3.05, 3.63) is 95.3 Å². The van der Waals surface area contributed by atoms with Crippen LogP contribution in [-0.2, 0) is 9.59 Å². The van der Waals surface area contributed by atoms with Gasteiger partial charge in [-0.15, -0.1) is 0 Å². The Morgan fingerprint density at radius 2 is 1.65 bits per heavy atom. The number of rotatable bonds is 6. The van der Waals surface area contributed by atoms with Crippen LogP contribution in [0.25, 0.3) is 5.76 Å². The maximum atomic E-state index is 13.7. The average Bonchev–Trinajstić information content (AvgIpc) is 3.09. The molecule has 1 unspecified atom stereocenters. The zero-order chi connectivity index (χ0) is 24.4. The lowest BCUT2D eigenvalue weighted by molar-refractivity contribution is -0.132. The van der Waals surface area contributed by atoms with Crippen LogP contribution in [0.3, 0.4) is 0 Å². The van der Waals surface area contributed by atoms with E-state index < -0.39 is 23.5 Å². The highest BCUT2D eigenvalue weighted by atomic mass is 19.1. The number of aliphatic hydroxyl groups is 1. The lowest BCUT2D eigenvalue weighted by Gasteiger charge is -2.25. The molecule has 1 amide bonds. The monoisotopic (exact) mass is 461 g/mol. The SMILES string of the molecule is COc1cccc(N2C(=O)C(=O)/C(=C(/O)c3ccc(OC(C)C)cc3)C2c2ccc(F)cc2)c1. The van der Waals surface area contributed by atoms with E-state index in [4.69, 9.17) is 9.47 Å². The summed E-state index contributed by atoms with van der Waals surface area (Å²) in [5.74, 6) is -1.31. The summed E-state index contributed by atoms with van der Waals surface area (Å²) in [6, 6.07) is 17.8. The Labute approximate surface area is 196 Å². The fraction of sp³-hybridized carbons (Fsp3) is 0.185. The number of Topliss-reactive ketones (excluding diaryl/α,β-unsaturated/α-hetero) is 1. The summed E-state index contributed by atoms with van der Waals surface area (Å²) in [4.78, 5) is 27.6. The van der Waals surface area contributed by atoms with Crippen molar-refractivity contribution in [2.24, 2.45) is 0 Å². The van der Waals surface area contributed by atoms with Gasteiger partial charge in [0.05, 0.1) is 24.8 Å². The van der Waals surface area contributed by atoms with E-state index in [-0.39, 0.29) is 17.4 Å². The summed E-state index contributed by atoms with van der Waals surface area (Å²) < 4.78 is 24.6. The van der Waals surface area contributed by atoms with Crippen molar-refractivity contribution in [2.75, 3.05) is 12.0 Å². The molecule has 0 aromatic heterocycles. The first kappa shape index (κ1) is 23.0. The molecule has 34 heavy (non-hydrogen) atoms. The normalized spacial score (nSPS) is 17.3. The lowest BCUT2D eigenvalue weighted by Crippen LogP contribution is -2.29. The van der Waals surface area contributed by atoms with Crippen LogP contribution in [0, 0.1) is 5.82 Å². The molecule has 1 atom stereocenters. The number of hydrogen-bond donors (Lipinski definition) is 1. The van der Waals surface area contributed by atoms with Crippen LogP contribution in [0.5, 0.6) is 11.5 Å². The van der Waals surface area contributed by atoms with Gasteiger partial charge in [0.25, 0.3) is 11.7 Å². The zero-order valence-electron chi connectivity index (χ0n) is 19.0. The number of ketones is 1. The molecule has 1 N–H and O–H groups in total. The lowest BCUT2D eigenvalue weighted by atomic mass is 9.95. The molecule has 1 aliphatic heterocycles. The van der Waals surface area contributed by atoms with E-state index in [2.05, 4.69) is 0 Å². The molecule has 0 aliphatic carbocycles. The van der Waals surface area contributed by atoms with Crippen molar-refractivity contribution in [2.45, 2.75) is 26.0 Å². The summed E-state index contributed by atoms with van der Waals surface area (Å²) in [6.45, 7) is 3.80. The molecule has 174 valence electrons. The van der Waals surface area contributed by atoms with Gasteiger partial charge in [-0.25, -0.2) is 4.39 Å². The third-order valence-corrected chi connectivity index (χ3v) is 5.46. The maximum absolute atomic E-state index is 13.7. The van der Waals surface area contributed by atoms with Gasteiger partial charge in [-0.3, -0.25) is 14.5 Å². The standard InChI is InChI=1S/C27H24FNO5/c1-16(2)34-21-13-9-18(10-14-21)25(30)23-24(17-7-11-19(28)12-8-17)29(27(32)26(23)31)20-5-4-6-22(15-20)33-3/h4-16,24,30H,1-3H3/b25-23+. The quantitative estimate of drug-likeness (QED) is 0.308. The molecule has 3 aromatic rings. The van der Waals surface area contributed by atoms with E-state index in [0.717, 1.165) is 0 Å². The second-order valence-electron chi connectivity index (χ2n) is 8.11. The Morgan fingerprint density at radius 1 is 0.971 bits per heavy atom. The minimum absolute atomic E-state index is 0.0221. The fourth-order valence-corrected chi connectivity index (χ4v) is 3.94. The number of nitrogens with zero attached hydrogens (tertiary/aromatic N) is 1. The van der Waals surface area contributed by atoms with E-state index >= 15 is 0 Å². The molecular weight excluding hydrogens is 437 g/mol. The van der Waals surface area contributed by atoms with E-state index in [9.17, 15) is 19.1 Å². The highest BCUT2D eigenvalue weighted by Crippen LogP contribution is 2.42. The summed E-state index contributed by atoms with van der Waals surface area (Å²) in [7, 11) is 1.50. The van der Waals surface area contributed by atoms with Gasteiger partial charge < -0.3 is 14.6 Å². The van der Waals surface area contributed by atoms with Crippen LogP contribution < -0.4 is 14.4 Å². The van der Waals surface area contributed by atoms with Crippen LogP contribution in [0.4, 0.5) is 10.1 Å². The molecule has 0 spiro atoms. The molecule has 1 saturated heterocycles. The second kappa shape index (κ2) is 9.39. The molecule has 4 rings (SSSR count). The number of anilines is 1. The van der Waals surface area contributed by atoms with Crippen molar-refractivity contribution in [1.82, 2.24) is 0 Å². The Morgan fingerprint density at radius 3 is 2.26 bits per heavy atom. The minimum atomic E-state index is -0.959. The van der Waals surface area contributed by atoms with Crippen LogP contribution in [-0.4, -0.2) is 30.0 Å². The number of carbonyl (C=O) groups excluding carboxylic acids is 2. The zero-order valence-corrected chi connectivity index (χ0v) is 19.0. The van der Waals surface area contributed by atoms with Gasteiger partial charge in [0.15, 0.2) is 0 Å². The molecule has 0 saturated carbocycles. The van der Waals surface area contributed by atoms with Crippen LogP contribution in [0.1, 0.15) is 31.0 Å². The first-order chi connectivity index (χ1) is 16.3. The molecule has 1 aliphatic rings. The van der Waals surface area contributed by atoms with Crippen molar-refractivity contribution < 1.29 is 28.6 Å².